The summed E-state index contributed by atoms with van der Waals surface area (Å²) in [4.78, 5) is 13.0. The lowest BCUT2D eigenvalue weighted by Gasteiger charge is -2.22. The van der Waals surface area contributed by atoms with Gasteiger partial charge in [0.25, 0.3) is 5.91 Å². The van der Waals surface area contributed by atoms with Crippen molar-refractivity contribution in [2.24, 2.45) is 0 Å². The van der Waals surface area contributed by atoms with Crippen LogP contribution in [0.25, 0.3) is 16.9 Å². The highest BCUT2D eigenvalue weighted by Crippen LogP contribution is 2.23. The van der Waals surface area contributed by atoms with Gasteiger partial charge in [-0.1, -0.05) is 19.3 Å². The van der Waals surface area contributed by atoms with Crippen LogP contribution in [-0.2, 0) is 0 Å². The van der Waals surface area contributed by atoms with Crippen molar-refractivity contribution in [1.29, 1.82) is 0 Å². The summed E-state index contributed by atoms with van der Waals surface area (Å²) >= 11 is 0. The van der Waals surface area contributed by atoms with Crippen molar-refractivity contribution < 1.29 is 13.6 Å². The van der Waals surface area contributed by atoms with Gasteiger partial charge in [0.1, 0.15) is 17.3 Å². The van der Waals surface area contributed by atoms with Crippen molar-refractivity contribution in [3.05, 3.63) is 71.9 Å². The summed E-state index contributed by atoms with van der Waals surface area (Å²) in [6, 6.07) is 13.6. The van der Waals surface area contributed by atoms with Crippen LogP contribution in [0, 0.1) is 11.6 Å². The molecule has 1 heterocycles. The van der Waals surface area contributed by atoms with Crippen molar-refractivity contribution in [3.63, 3.8) is 0 Å². The van der Waals surface area contributed by atoms with Gasteiger partial charge in [-0.2, -0.15) is 5.10 Å². The van der Waals surface area contributed by atoms with Crippen LogP contribution < -0.4 is 5.32 Å². The Morgan fingerprint density at radius 1 is 0.929 bits per heavy atom. The molecule has 0 radical (unpaired) electrons. The van der Waals surface area contributed by atoms with E-state index in [0.29, 0.717) is 22.6 Å². The van der Waals surface area contributed by atoms with E-state index in [1.54, 1.807) is 30.3 Å². The lowest BCUT2D eigenvalue weighted by Crippen LogP contribution is -2.37. The van der Waals surface area contributed by atoms with E-state index in [1.165, 1.54) is 35.4 Å². The van der Waals surface area contributed by atoms with Gasteiger partial charge in [-0.3, -0.25) is 4.79 Å². The second-order valence-corrected chi connectivity index (χ2v) is 7.12. The van der Waals surface area contributed by atoms with E-state index >= 15 is 0 Å². The Labute approximate surface area is 162 Å². The van der Waals surface area contributed by atoms with Crippen LogP contribution in [0.3, 0.4) is 0 Å². The normalized spacial score (nSPS) is 14.8. The van der Waals surface area contributed by atoms with Gasteiger partial charge in [-0.05, 0) is 67.4 Å². The Balaban J connectivity index is 1.70. The molecule has 4 nitrogen and oxygen atoms in total. The Morgan fingerprint density at radius 3 is 2.18 bits per heavy atom. The molecule has 1 amide bonds. The summed E-state index contributed by atoms with van der Waals surface area (Å²) in [6.07, 6.45) is 5.38. The predicted octanol–water partition coefficient (Wildman–Crippen LogP) is 4.88. The standard InChI is InChI=1S/C22H21F2N3O/c23-16-8-6-15(7-9-16)20-14-21(22(28)25-18-4-2-1-3-5-18)27(26-20)19-12-10-17(24)11-13-19/h6-14,18H,1-5H2,(H,25,28). The van der Waals surface area contributed by atoms with Gasteiger partial charge in [-0.25, -0.2) is 13.5 Å². The highest BCUT2D eigenvalue weighted by atomic mass is 19.1. The van der Waals surface area contributed by atoms with Crippen LogP contribution in [0.1, 0.15) is 42.6 Å². The maximum atomic E-state index is 13.3. The van der Waals surface area contributed by atoms with E-state index in [9.17, 15) is 13.6 Å². The Bertz CT molecular complexity index is 958. The number of nitrogens with one attached hydrogen (secondary N) is 1. The van der Waals surface area contributed by atoms with Gasteiger partial charge in [0, 0.05) is 11.6 Å². The van der Waals surface area contributed by atoms with Gasteiger partial charge in [-0.15, -0.1) is 0 Å². The predicted molar refractivity (Wildman–Crippen MR) is 103 cm³/mol. The van der Waals surface area contributed by atoms with E-state index in [0.717, 1.165) is 25.7 Å². The molecule has 4 rings (SSSR count). The van der Waals surface area contributed by atoms with E-state index in [4.69, 9.17) is 0 Å². The summed E-state index contributed by atoms with van der Waals surface area (Å²) < 4.78 is 28.1. The highest BCUT2D eigenvalue weighted by Gasteiger charge is 2.21. The molecule has 0 saturated heterocycles. The van der Waals surface area contributed by atoms with E-state index < -0.39 is 0 Å². The number of carbonyl (C=O) groups excluding carboxylic acids is 1. The first kappa shape index (κ1) is 18.3. The van der Waals surface area contributed by atoms with E-state index in [2.05, 4.69) is 10.4 Å². The Hall–Kier alpha value is -3.02. The third kappa shape index (κ3) is 3.96. The molecule has 1 fully saturated rings. The molecule has 6 heteroatoms. The summed E-state index contributed by atoms with van der Waals surface area (Å²) in [5.41, 5.74) is 2.21. The lowest BCUT2D eigenvalue weighted by atomic mass is 9.95. The van der Waals surface area contributed by atoms with E-state index in [1.807, 2.05) is 0 Å². The molecule has 1 saturated carbocycles. The van der Waals surface area contributed by atoms with Gasteiger partial charge in [0.05, 0.1) is 11.4 Å². The molecule has 28 heavy (non-hydrogen) atoms. The highest BCUT2D eigenvalue weighted by molar-refractivity contribution is 5.94. The van der Waals surface area contributed by atoms with Crippen molar-refractivity contribution >= 4 is 5.91 Å². The van der Waals surface area contributed by atoms with Gasteiger partial charge in [0.2, 0.25) is 0 Å². The summed E-state index contributed by atoms with van der Waals surface area (Å²) in [5.74, 6) is -0.906. The second-order valence-electron chi connectivity index (χ2n) is 7.12. The molecule has 1 N–H and O–H groups in total. The molecular formula is C22H21F2N3O. The molecule has 144 valence electrons. The van der Waals surface area contributed by atoms with Crippen LogP contribution in [0.4, 0.5) is 8.78 Å². The number of benzene rings is 2. The molecule has 1 aliphatic rings. The number of nitrogens with zero attached hydrogens (tertiary/aromatic N) is 2. The maximum absolute atomic E-state index is 13.3. The fraction of sp³-hybridized carbons (Fsp3) is 0.273. The second kappa shape index (κ2) is 7.92. The number of aromatic nitrogens is 2. The first-order valence-electron chi connectivity index (χ1n) is 9.53. The lowest BCUT2D eigenvalue weighted by molar-refractivity contribution is 0.0920. The minimum Gasteiger partial charge on any atom is -0.348 e. The Morgan fingerprint density at radius 2 is 1.54 bits per heavy atom. The number of hydrogen-bond acceptors (Lipinski definition) is 2. The topological polar surface area (TPSA) is 46.9 Å². The smallest absolute Gasteiger partial charge is 0.270 e. The maximum Gasteiger partial charge on any atom is 0.270 e. The number of halogens is 2. The zero-order valence-electron chi connectivity index (χ0n) is 15.4. The molecule has 2 aromatic carbocycles. The third-order valence-corrected chi connectivity index (χ3v) is 5.09. The molecule has 0 aliphatic heterocycles. The quantitative estimate of drug-likeness (QED) is 0.700. The van der Waals surface area contributed by atoms with E-state index in [-0.39, 0.29) is 23.6 Å². The van der Waals surface area contributed by atoms with Crippen LogP contribution in [0.5, 0.6) is 0 Å². The van der Waals surface area contributed by atoms with Gasteiger partial charge in [0.15, 0.2) is 0 Å². The van der Waals surface area contributed by atoms with Gasteiger partial charge >= 0.3 is 0 Å². The van der Waals surface area contributed by atoms with Crippen molar-refractivity contribution in [1.82, 2.24) is 15.1 Å². The van der Waals surface area contributed by atoms with Crippen molar-refractivity contribution in [3.8, 4) is 16.9 Å². The SMILES string of the molecule is O=C(NC1CCCCC1)c1cc(-c2ccc(F)cc2)nn1-c1ccc(F)cc1. The fourth-order valence-corrected chi connectivity index (χ4v) is 3.59. The van der Waals surface area contributed by atoms with Crippen LogP contribution in [0.15, 0.2) is 54.6 Å². The fourth-order valence-electron chi connectivity index (χ4n) is 3.59. The molecule has 1 aromatic heterocycles. The van der Waals surface area contributed by atoms with Crippen molar-refractivity contribution in [2.75, 3.05) is 0 Å². The molecule has 0 spiro atoms. The number of rotatable bonds is 4. The third-order valence-electron chi connectivity index (χ3n) is 5.09. The monoisotopic (exact) mass is 381 g/mol. The van der Waals surface area contributed by atoms with Crippen molar-refractivity contribution in [2.45, 2.75) is 38.1 Å². The number of carbonyl (C=O) groups is 1. The molecule has 0 unspecified atom stereocenters. The molecule has 1 aliphatic carbocycles. The molecular weight excluding hydrogens is 360 g/mol. The average Bonchev–Trinajstić information content (AvgIpc) is 3.15. The summed E-state index contributed by atoms with van der Waals surface area (Å²) in [7, 11) is 0. The van der Waals surface area contributed by atoms with Gasteiger partial charge < -0.3 is 5.32 Å². The van der Waals surface area contributed by atoms with Crippen LogP contribution in [-0.4, -0.2) is 21.7 Å². The van der Waals surface area contributed by atoms with Crippen LogP contribution >= 0.6 is 0 Å². The average molecular weight is 381 g/mol. The molecule has 3 aromatic rings. The zero-order chi connectivity index (χ0) is 19.5. The first-order chi connectivity index (χ1) is 13.6. The Kier molecular flexibility index (Phi) is 5.19. The van der Waals surface area contributed by atoms with Crippen LogP contribution in [0.2, 0.25) is 0 Å². The summed E-state index contributed by atoms with van der Waals surface area (Å²) in [6.45, 7) is 0. The molecule has 0 bridgehead atoms. The molecule has 0 atom stereocenters. The zero-order valence-corrected chi connectivity index (χ0v) is 15.4. The summed E-state index contributed by atoms with van der Waals surface area (Å²) in [5, 5.41) is 7.63. The minimum absolute atomic E-state index is 0.159. The minimum atomic E-state index is -0.358. The largest absolute Gasteiger partial charge is 0.348 e. The first-order valence-corrected chi connectivity index (χ1v) is 9.53. The number of amides is 1. The number of hydrogen-bond donors (Lipinski definition) is 1.